The van der Waals surface area contributed by atoms with Crippen LogP contribution >= 0.6 is 0 Å². The van der Waals surface area contributed by atoms with E-state index in [0.29, 0.717) is 41.3 Å². The zero-order valence-corrected chi connectivity index (χ0v) is 16.8. The lowest BCUT2D eigenvalue weighted by molar-refractivity contribution is 0.0955. The smallest absolute Gasteiger partial charge is 0.257 e. The number of nitrogens with zero attached hydrogens (tertiary/aromatic N) is 1. The lowest BCUT2D eigenvalue weighted by Crippen LogP contribution is -2.27. The van der Waals surface area contributed by atoms with Crippen LogP contribution in [-0.2, 0) is 6.42 Å². The maximum atomic E-state index is 12.7. The molecule has 0 spiro atoms. The lowest BCUT2D eigenvalue weighted by atomic mass is 10.1. The molecule has 0 radical (unpaired) electrons. The van der Waals surface area contributed by atoms with Gasteiger partial charge in [0.05, 0.1) is 31.0 Å². The number of carbonyl (C=O) groups is 2. The lowest BCUT2D eigenvalue weighted by Gasteiger charge is -2.12. The van der Waals surface area contributed by atoms with Gasteiger partial charge in [-0.3, -0.25) is 14.6 Å². The molecule has 0 saturated carbocycles. The van der Waals surface area contributed by atoms with Crippen molar-refractivity contribution >= 4 is 17.5 Å². The molecule has 0 bridgehead atoms. The fourth-order valence-electron chi connectivity index (χ4n) is 2.93. The van der Waals surface area contributed by atoms with Crippen molar-refractivity contribution in [1.82, 2.24) is 10.3 Å². The second-order valence-electron chi connectivity index (χ2n) is 6.44. The largest absolute Gasteiger partial charge is 0.493 e. The average molecular weight is 405 g/mol. The molecule has 1 heterocycles. The number of methoxy groups -OCH3 is 2. The quantitative estimate of drug-likeness (QED) is 0.600. The number of hydrogen-bond donors (Lipinski definition) is 2. The fourth-order valence-corrected chi connectivity index (χ4v) is 2.93. The van der Waals surface area contributed by atoms with E-state index < -0.39 is 0 Å². The van der Waals surface area contributed by atoms with Crippen molar-refractivity contribution in [2.45, 2.75) is 6.42 Å². The number of carbonyl (C=O) groups excluding carboxylic acids is 2. The second-order valence-corrected chi connectivity index (χ2v) is 6.44. The van der Waals surface area contributed by atoms with Gasteiger partial charge in [0.2, 0.25) is 0 Å². The Labute approximate surface area is 175 Å². The predicted octanol–water partition coefficient (Wildman–Crippen LogP) is 3.32. The van der Waals surface area contributed by atoms with E-state index in [1.54, 1.807) is 56.8 Å². The van der Waals surface area contributed by atoms with Crippen molar-refractivity contribution in [2.24, 2.45) is 0 Å². The van der Waals surface area contributed by atoms with Gasteiger partial charge in [0.15, 0.2) is 11.5 Å². The second kappa shape index (κ2) is 10.1. The summed E-state index contributed by atoms with van der Waals surface area (Å²) in [5.41, 5.74) is 2.25. The number of nitrogens with one attached hydrogen (secondary N) is 2. The first-order valence-corrected chi connectivity index (χ1v) is 9.42. The predicted molar refractivity (Wildman–Crippen MR) is 114 cm³/mol. The summed E-state index contributed by atoms with van der Waals surface area (Å²) in [6.07, 6.45) is 3.69. The zero-order chi connectivity index (χ0) is 21.3. The van der Waals surface area contributed by atoms with Gasteiger partial charge in [-0.1, -0.05) is 18.2 Å². The summed E-state index contributed by atoms with van der Waals surface area (Å²) in [6, 6.07) is 15.9. The van der Waals surface area contributed by atoms with Crippen molar-refractivity contribution in [3.63, 3.8) is 0 Å². The zero-order valence-electron chi connectivity index (χ0n) is 16.8. The molecule has 0 aliphatic carbocycles. The van der Waals surface area contributed by atoms with Gasteiger partial charge in [-0.25, -0.2) is 0 Å². The van der Waals surface area contributed by atoms with Crippen molar-refractivity contribution < 1.29 is 19.1 Å². The first kappa shape index (κ1) is 20.9. The van der Waals surface area contributed by atoms with Gasteiger partial charge < -0.3 is 20.1 Å². The topological polar surface area (TPSA) is 89.6 Å². The highest BCUT2D eigenvalue weighted by molar-refractivity contribution is 6.08. The van der Waals surface area contributed by atoms with E-state index in [1.165, 1.54) is 6.20 Å². The van der Waals surface area contributed by atoms with Crippen LogP contribution in [0.3, 0.4) is 0 Å². The van der Waals surface area contributed by atoms with E-state index in [0.717, 1.165) is 5.56 Å². The molecule has 7 nitrogen and oxygen atoms in total. The fraction of sp³-hybridized carbons (Fsp3) is 0.174. The first-order valence-electron chi connectivity index (χ1n) is 9.42. The van der Waals surface area contributed by atoms with Crippen LogP contribution in [0.15, 0.2) is 67.0 Å². The Balaban J connectivity index is 1.63. The Bertz CT molecular complexity index is 1020. The average Bonchev–Trinajstić information content (AvgIpc) is 2.79. The molecule has 3 aromatic rings. The molecule has 0 atom stereocenters. The van der Waals surface area contributed by atoms with Crippen molar-refractivity contribution in [2.75, 3.05) is 26.1 Å². The van der Waals surface area contributed by atoms with Crippen LogP contribution < -0.4 is 20.1 Å². The molecule has 2 amide bonds. The maximum absolute atomic E-state index is 12.7. The summed E-state index contributed by atoms with van der Waals surface area (Å²) in [5.74, 6) is 0.708. The Hall–Kier alpha value is -3.87. The van der Waals surface area contributed by atoms with E-state index in [9.17, 15) is 9.59 Å². The van der Waals surface area contributed by atoms with Crippen molar-refractivity contribution in [3.05, 3.63) is 83.7 Å². The van der Waals surface area contributed by atoms with Crippen LogP contribution in [0.5, 0.6) is 11.5 Å². The third-order valence-electron chi connectivity index (χ3n) is 4.49. The number of aromatic nitrogens is 1. The number of pyridine rings is 1. The third-order valence-corrected chi connectivity index (χ3v) is 4.49. The SMILES string of the molecule is COc1ccc(CCNC(=O)c2ccccc2NC(=O)c2cccnc2)cc1OC. The van der Waals surface area contributed by atoms with E-state index in [1.807, 2.05) is 18.2 Å². The molecule has 2 N–H and O–H groups in total. The summed E-state index contributed by atoms with van der Waals surface area (Å²) >= 11 is 0. The summed E-state index contributed by atoms with van der Waals surface area (Å²) in [5, 5.41) is 5.67. The van der Waals surface area contributed by atoms with Crippen LogP contribution in [-0.4, -0.2) is 37.6 Å². The number of para-hydroxylation sites is 1. The normalized spacial score (nSPS) is 10.2. The summed E-state index contributed by atoms with van der Waals surface area (Å²) in [4.78, 5) is 29.0. The van der Waals surface area contributed by atoms with E-state index in [2.05, 4.69) is 15.6 Å². The minimum atomic E-state index is -0.325. The Morgan fingerprint density at radius 3 is 2.47 bits per heavy atom. The Morgan fingerprint density at radius 1 is 0.933 bits per heavy atom. The number of ether oxygens (including phenoxy) is 2. The van der Waals surface area contributed by atoms with Gasteiger partial charge in [-0.05, 0) is 48.4 Å². The Morgan fingerprint density at radius 2 is 1.73 bits per heavy atom. The van der Waals surface area contributed by atoms with Crippen molar-refractivity contribution in [3.8, 4) is 11.5 Å². The molecule has 30 heavy (non-hydrogen) atoms. The molecule has 2 aromatic carbocycles. The van der Waals surface area contributed by atoms with E-state index in [4.69, 9.17) is 9.47 Å². The van der Waals surface area contributed by atoms with Gasteiger partial charge in [0.1, 0.15) is 0 Å². The number of anilines is 1. The first-order chi connectivity index (χ1) is 14.6. The molecule has 0 unspecified atom stereocenters. The van der Waals surface area contributed by atoms with Crippen LogP contribution in [0.2, 0.25) is 0 Å². The molecule has 0 aliphatic rings. The monoisotopic (exact) mass is 405 g/mol. The molecular weight excluding hydrogens is 382 g/mol. The van der Waals surface area contributed by atoms with Crippen LogP contribution in [0, 0.1) is 0 Å². The standard InChI is InChI=1S/C23H23N3O4/c1-29-20-10-9-16(14-21(20)30-2)11-13-25-23(28)18-7-3-4-8-19(18)26-22(27)17-6-5-12-24-15-17/h3-10,12,14-15H,11,13H2,1-2H3,(H,25,28)(H,26,27). The Kier molecular flexibility index (Phi) is 7.00. The molecule has 7 heteroatoms. The van der Waals surface area contributed by atoms with Crippen LogP contribution in [0.1, 0.15) is 26.3 Å². The minimum Gasteiger partial charge on any atom is -0.493 e. The highest BCUT2D eigenvalue weighted by atomic mass is 16.5. The van der Waals surface area contributed by atoms with E-state index in [-0.39, 0.29) is 11.8 Å². The van der Waals surface area contributed by atoms with Crippen LogP contribution in [0.25, 0.3) is 0 Å². The van der Waals surface area contributed by atoms with E-state index >= 15 is 0 Å². The summed E-state index contributed by atoms with van der Waals surface area (Å²) < 4.78 is 10.5. The van der Waals surface area contributed by atoms with Gasteiger partial charge in [0.25, 0.3) is 11.8 Å². The summed E-state index contributed by atoms with van der Waals surface area (Å²) in [7, 11) is 3.17. The molecule has 3 rings (SSSR count). The van der Waals surface area contributed by atoms with Gasteiger partial charge in [-0.15, -0.1) is 0 Å². The number of hydrogen-bond acceptors (Lipinski definition) is 5. The third kappa shape index (κ3) is 5.14. The van der Waals surface area contributed by atoms with Gasteiger partial charge in [0, 0.05) is 18.9 Å². The molecule has 0 fully saturated rings. The maximum Gasteiger partial charge on any atom is 0.257 e. The van der Waals surface area contributed by atoms with Crippen molar-refractivity contribution in [1.29, 1.82) is 0 Å². The molecular formula is C23H23N3O4. The number of rotatable bonds is 8. The van der Waals surface area contributed by atoms with Crippen LogP contribution in [0.4, 0.5) is 5.69 Å². The molecule has 0 saturated heterocycles. The molecule has 1 aromatic heterocycles. The molecule has 154 valence electrons. The number of benzene rings is 2. The van der Waals surface area contributed by atoms with Gasteiger partial charge in [-0.2, -0.15) is 0 Å². The number of amides is 2. The highest BCUT2D eigenvalue weighted by Crippen LogP contribution is 2.27. The highest BCUT2D eigenvalue weighted by Gasteiger charge is 2.14. The van der Waals surface area contributed by atoms with Gasteiger partial charge >= 0.3 is 0 Å². The summed E-state index contributed by atoms with van der Waals surface area (Å²) in [6.45, 7) is 0.430. The minimum absolute atomic E-state index is 0.266. The molecule has 0 aliphatic heterocycles.